The van der Waals surface area contributed by atoms with E-state index < -0.39 is 5.79 Å². The van der Waals surface area contributed by atoms with Crippen molar-refractivity contribution in [1.29, 1.82) is 0 Å². The lowest BCUT2D eigenvalue weighted by Crippen LogP contribution is -2.20. The third-order valence-corrected chi connectivity index (χ3v) is 2.16. The molecule has 1 aliphatic rings. The molecule has 0 amide bonds. The van der Waals surface area contributed by atoms with Crippen molar-refractivity contribution in [3.05, 3.63) is 24.8 Å². The number of ether oxygens (including phenoxy) is 2. The van der Waals surface area contributed by atoms with Gasteiger partial charge in [-0.05, 0) is 33.1 Å². The summed E-state index contributed by atoms with van der Waals surface area (Å²) in [4.78, 5) is 0. The van der Waals surface area contributed by atoms with Crippen LogP contribution < -0.4 is 0 Å². The summed E-state index contributed by atoms with van der Waals surface area (Å²) < 4.78 is 11.1. The number of allylic oxidation sites excluding steroid dienone is 2. The van der Waals surface area contributed by atoms with Gasteiger partial charge >= 0.3 is 0 Å². The van der Waals surface area contributed by atoms with Crippen molar-refractivity contribution in [3.8, 4) is 0 Å². The number of hydrogen-bond donors (Lipinski definition) is 0. The van der Waals surface area contributed by atoms with Crippen molar-refractivity contribution < 1.29 is 9.47 Å². The van der Waals surface area contributed by atoms with Crippen molar-refractivity contribution in [2.45, 2.75) is 45.0 Å². The van der Waals surface area contributed by atoms with E-state index in [-0.39, 0.29) is 6.10 Å². The van der Waals surface area contributed by atoms with E-state index in [1.165, 1.54) is 0 Å². The first-order valence-corrected chi connectivity index (χ1v) is 5.23. The van der Waals surface area contributed by atoms with Gasteiger partial charge in [0.2, 0.25) is 0 Å². The third-order valence-electron chi connectivity index (χ3n) is 2.16. The van der Waals surface area contributed by atoms with Gasteiger partial charge in [0.1, 0.15) is 6.10 Å². The van der Waals surface area contributed by atoms with Crippen LogP contribution >= 0.6 is 0 Å². The van der Waals surface area contributed by atoms with Crippen molar-refractivity contribution in [3.63, 3.8) is 0 Å². The predicted molar refractivity (Wildman–Crippen MR) is 58.1 cm³/mol. The predicted octanol–water partition coefficient (Wildman–Crippen LogP) is 3.05. The Morgan fingerprint density at radius 2 is 2.21 bits per heavy atom. The second-order valence-corrected chi connectivity index (χ2v) is 4.01. The van der Waals surface area contributed by atoms with Crippen LogP contribution in [0.5, 0.6) is 0 Å². The molecule has 0 radical (unpaired) electrons. The first kappa shape index (κ1) is 11.5. The van der Waals surface area contributed by atoms with Crippen LogP contribution in [0.25, 0.3) is 0 Å². The van der Waals surface area contributed by atoms with E-state index in [1.54, 1.807) is 0 Å². The molecule has 0 unspecified atom stereocenters. The Labute approximate surface area is 86.6 Å². The highest BCUT2D eigenvalue weighted by Crippen LogP contribution is 2.22. The number of hydrogen-bond acceptors (Lipinski definition) is 2. The van der Waals surface area contributed by atoms with E-state index in [0.29, 0.717) is 6.61 Å². The Kier molecular flexibility index (Phi) is 4.36. The fourth-order valence-corrected chi connectivity index (χ4v) is 1.44. The number of rotatable bonds is 5. The lowest BCUT2D eigenvalue weighted by atomic mass is 10.2. The van der Waals surface area contributed by atoms with Crippen molar-refractivity contribution in [2.24, 2.45) is 0 Å². The summed E-state index contributed by atoms with van der Waals surface area (Å²) in [5, 5.41) is 0. The molecule has 2 heteroatoms. The van der Waals surface area contributed by atoms with Gasteiger partial charge in [0.25, 0.3) is 0 Å². The average molecular weight is 196 g/mol. The van der Waals surface area contributed by atoms with Crippen LogP contribution in [0.1, 0.15) is 33.1 Å². The minimum atomic E-state index is -0.407. The monoisotopic (exact) mass is 196 g/mol. The van der Waals surface area contributed by atoms with Crippen LogP contribution in [0, 0.1) is 0 Å². The minimum Gasteiger partial charge on any atom is -0.347 e. The molecular weight excluding hydrogens is 176 g/mol. The molecule has 1 rings (SSSR count). The summed E-state index contributed by atoms with van der Waals surface area (Å²) in [5.74, 6) is -0.407. The van der Waals surface area contributed by atoms with Gasteiger partial charge in [0.05, 0.1) is 6.61 Å². The van der Waals surface area contributed by atoms with Gasteiger partial charge in [-0.25, -0.2) is 0 Å². The van der Waals surface area contributed by atoms with Gasteiger partial charge in [-0.3, -0.25) is 0 Å². The summed E-state index contributed by atoms with van der Waals surface area (Å²) in [6.45, 7) is 8.24. The van der Waals surface area contributed by atoms with E-state index in [0.717, 1.165) is 19.3 Å². The molecule has 80 valence electrons. The maximum Gasteiger partial charge on any atom is 0.163 e. The summed E-state index contributed by atoms with van der Waals surface area (Å²) in [6, 6.07) is 0. The zero-order valence-corrected chi connectivity index (χ0v) is 9.16. The first-order chi connectivity index (χ1) is 6.64. The molecule has 14 heavy (non-hydrogen) atoms. The molecule has 1 aliphatic heterocycles. The SMILES string of the molecule is C=CCCC/C=C/[C@@H]1COC(C)(C)O1. The molecule has 1 saturated heterocycles. The topological polar surface area (TPSA) is 18.5 Å². The smallest absolute Gasteiger partial charge is 0.163 e. The maximum absolute atomic E-state index is 5.63. The highest BCUT2D eigenvalue weighted by molar-refractivity contribution is 4.93. The summed E-state index contributed by atoms with van der Waals surface area (Å²) >= 11 is 0. The first-order valence-electron chi connectivity index (χ1n) is 5.23. The van der Waals surface area contributed by atoms with Gasteiger partial charge < -0.3 is 9.47 Å². The molecule has 0 aromatic rings. The zero-order valence-electron chi connectivity index (χ0n) is 9.16. The molecule has 0 bridgehead atoms. The van der Waals surface area contributed by atoms with Crippen LogP contribution in [-0.4, -0.2) is 18.5 Å². The van der Waals surface area contributed by atoms with Crippen molar-refractivity contribution in [2.75, 3.05) is 6.61 Å². The van der Waals surface area contributed by atoms with Crippen molar-refractivity contribution in [1.82, 2.24) is 0 Å². The molecule has 1 fully saturated rings. The molecule has 0 aliphatic carbocycles. The molecular formula is C12H20O2. The largest absolute Gasteiger partial charge is 0.347 e. The summed E-state index contributed by atoms with van der Waals surface area (Å²) in [6.07, 6.45) is 9.68. The fraction of sp³-hybridized carbons (Fsp3) is 0.667. The van der Waals surface area contributed by atoms with Crippen LogP contribution in [-0.2, 0) is 9.47 Å². The normalized spacial score (nSPS) is 25.7. The Bertz CT molecular complexity index is 206. The van der Waals surface area contributed by atoms with Crippen LogP contribution in [0.2, 0.25) is 0 Å². The molecule has 0 aromatic carbocycles. The molecule has 2 nitrogen and oxygen atoms in total. The van der Waals surface area contributed by atoms with Gasteiger partial charge in [0.15, 0.2) is 5.79 Å². The second kappa shape index (κ2) is 5.32. The quantitative estimate of drug-likeness (QED) is 0.497. The summed E-state index contributed by atoms with van der Waals surface area (Å²) in [5.41, 5.74) is 0. The summed E-state index contributed by atoms with van der Waals surface area (Å²) in [7, 11) is 0. The molecule has 0 spiro atoms. The molecule has 0 aromatic heterocycles. The molecule has 1 atom stereocenters. The molecule has 1 heterocycles. The van der Waals surface area contributed by atoms with E-state index in [1.807, 2.05) is 19.9 Å². The molecule has 0 saturated carbocycles. The highest BCUT2D eigenvalue weighted by atomic mass is 16.7. The zero-order chi connectivity index (χ0) is 10.4. The third kappa shape index (κ3) is 4.07. The van der Waals surface area contributed by atoms with Crippen LogP contribution in [0.4, 0.5) is 0 Å². The Hall–Kier alpha value is -0.600. The van der Waals surface area contributed by atoms with Gasteiger partial charge in [-0.15, -0.1) is 6.58 Å². The Morgan fingerprint density at radius 3 is 2.79 bits per heavy atom. The van der Waals surface area contributed by atoms with Crippen molar-refractivity contribution >= 4 is 0 Å². The van der Waals surface area contributed by atoms with E-state index in [9.17, 15) is 0 Å². The van der Waals surface area contributed by atoms with Crippen LogP contribution in [0.3, 0.4) is 0 Å². The average Bonchev–Trinajstić information content (AvgIpc) is 2.45. The number of unbranched alkanes of at least 4 members (excludes halogenated alkanes) is 2. The second-order valence-electron chi connectivity index (χ2n) is 4.01. The Morgan fingerprint density at radius 1 is 1.43 bits per heavy atom. The lowest BCUT2D eigenvalue weighted by molar-refractivity contribution is -0.133. The van der Waals surface area contributed by atoms with Crippen LogP contribution in [0.15, 0.2) is 24.8 Å². The van der Waals surface area contributed by atoms with E-state index in [4.69, 9.17) is 9.47 Å². The maximum atomic E-state index is 5.63. The molecule has 0 N–H and O–H groups in total. The Balaban J connectivity index is 2.15. The van der Waals surface area contributed by atoms with E-state index >= 15 is 0 Å². The van der Waals surface area contributed by atoms with Gasteiger partial charge in [-0.1, -0.05) is 18.2 Å². The highest BCUT2D eigenvalue weighted by Gasteiger charge is 2.30. The lowest BCUT2D eigenvalue weighted by Gasteiger charge is -2.15. The van der Waals surface area contributed by atoms with Gasteiger partial charge in [0, 0.05) is 0 Å². The van der Waals surface area contributed by atoms with E-state index in [2.05, 4.69) is 18.7 Å². The minimum absolute atomic E-state index is 0.133. The fourth-order valence-electron chi connectivity index (χ4n) is 1.44. The standard InChI is InChI=1S/C12H20O2/c1-4-5-6-7-8-9-11-10-13-12(2,3)14-11/h4,8-9,11H,1,5-7,10H2,2-3H3/b9-8+/t11-/m1/s1. The van der Waals surface area contributed by atoms with Gasteiger partial charge in [-0.2, -0.15) is 0 Å².